The first-order valence-corrected chi connectivity index (χ1v) is 6.25. The predicted octanol–water partition coefficient (Wildman–Crippen LogP) is 2.49. The van der Waals surface area contributed by atoms with E-state index in [0.29, 0.717) is 19.0 Å². The van der Waals surface area contributed by atoms with Crippen molar-refractivity contribution in [1.29, 1.82) is 0 Å². The predicted molar refractivity (Wildman–Crippen MR) is 71.1 cm³/mol. The van der Waals surface area contributed by atoms with Gasteiger partial charge in [0.2, 0.25) is 0 Å². The molecule has 2 heterocycles. The number of aromatic nitrogens is 2. The van der Waals surface area contributed by atoms with Gasteiger partial charge in [-0.25, -0.2) is 4.68 Å². The minimum absolute atomic E-state index is 0.542. The van der Waals surface area contributed by atoms with Crippen LogP contribution in [0.1, 0.15) is 16.8 Å². The highest BCUT2D eigenvalue weighted by molar-refractivity contribution is 6.31. The molecule has 2 N–H and O–H groups in total. The largest absolute Gasteiger partial charge is 0.382 e. The van der Waals surface area contributed by atoms with Gasteiger partial charge in [-0.2, -0.15) is 5.10 Å². The minimum Gasteiger partial charge on any atom is -0.382 e. The fourth-order valence-corrected chi connectivity index (χ4v) is 2.46. The van der Waals surface area contributed by atoms with Crippen LogP contribution in [0.2, 0.25) is 5.02 Å². The fourth-order valence-electron chi connectivity index (χ4n) is 2.29. The molecule has 1 aliphatic rings. The number of hydrogen-bond acceptors (Lipinski definition) is 3. The third-order valence-corrected chi connectivity index (χ3v) is 3.73. The molecule has 1 aliphatic heterocycles. The summed E-state index contributed by atoms with van der Waals surface area (Å²) in [5.74, 6) is 0.545. The van der Waals surface area contributed by atoms with Gasteiger partial charge in [-0.3, -0.25) is 0 Å². The van der Waals surface area contributed by atoms with E-state index in [1.165, 1.54) is 0 Å². The van der Waals surface area contributed by atoms with E-state index in [9.17, 15) is 0 Å². The number of nitrogens with zero attached hydrogens (tertiary/aromatic N) is 2. The third kappa shape index (κ3) is 1.69. The smallest absolute Gasteiger partial charge is 0.151 e. The molecule has 0 unspecified atom stereocenters. The zero-order valence-electron chi connectivity index (χ0n) is 10.1. The van der Waals surface area contributed by atoms with Crippen molar-refractivity contribution in [3.8, 4) is 5.69 Å². The average molecular weight is 264 g/mol. The molecule has 0 spiro atoms. The van der Waals surface area contributed by atoms with Crippen LogP contribution in [-0.2, 0) is 17.8 Å². The molecule has 0 aliphatic carbocycles. The maximum atomic E-state index is 6.16. The molecule has 0 atom stereocenters. The van der Waals surface area contributed by atoms with Gasteiger partial charge in [-0.05, 0) is 24.6 Å². The lowest BCUT2D eigenvalue weighted by Gasteiger charge is -2.16. The molecule has 94 valence electrons. The fraction of sp³-hybridized carbons (Fsp3) is 0.308. The number of hydrogen-bond donors (Lipinski definition) is 1. The Kier molecular flexibility index (Phi) is 2.76. The second-order valence-electron chi connectivity index (χ2n) is 4.41. The second kappa shape index (κ2) is 4.30. The second-order valence-corrected chi connectivity index (χ2v) is 4.82. The number of halogens is 1. The Morgan fingerprint density at radius 1 is 1.44 bits per heavy atom. The summed E-state index contributed by atoms with van der Waals surface area (Å²) in [6.07, 6.45) is 0.825. The molecular weight excluding hydrogens is 250 g/mol. The first-order valence-electron chi connectivity index (χ1n) is 5.88. The molecule has 0 radical (unpaired) electrons. The van der Waals surface area contributed by atoms with Crippen molar-refractivity contribution in [2.24, 2.45) is 0 Å². The van der Waals surface area contributed by atoms with Gasteiger partial charge in [0.25, 0.3) is 0 Å². The van der Waals surface area contributed by atoms with E-state index in [2.05, 4.69) is 5.10 Å². The van der Waals surface area contributed by atoms with Crippen LogP contribution in [0.3, 0.4) is 0 Å². The normalized spacial score (nSPS) is 14.6. The van der Waals surface area contributed by atoms with Crippen LogP contribution in [0, 0.1) is 6.92 Å². The summed E-state index contributed by atoms with van der Waals surface area (Å²) in [7, 11) is 0. The summed E-state index contributed by atoms with van der Waals surface area (Å²) in [4.78, 5) is 0. The molecule has 2 aromatic rings. The molecule has 4 nitrogen and oxygen atoms in total. The Labute approximate surface area is 110 Å². The summed E-state index contributed by atoms with van der Waals surface area (Å²) < 4.78 is 7.32. The topological polar surface area (TPSA) is 53.1 Å². The van der Waals surface area contributed by atoms with Crippen molar-refractivity contribution < 1.29 is 4.74 Å². The van der Waals surface area contributed by atoms with Crippen LogP contribution in [0.15, 0.2) is 18.2 Å². The van der Waals surface area contributed by atoms with Crippen LogP contribution >= 0.6 is 11.6 Å². The van der Waals surface area contributed by atoms with Crippen molar-refractivity contribution in [3.05, 3.63) is 40.0 Å². The molecule has 1 aromatic carbocycles. The number of nitrogens with two attached hydrogens (primary N) is 1. The highest BCUT2D eigenvalue weighted by atomic mass is 35.5. The van der Waals surface area contributed by atoms with Crippen LogP contribution in [0.4, 0.5) is 5.82 Å². The van der Waals surface area contributed by atoms with Crippen molar-refractivity contribution in [2.45, 2.75) is 20.0 Å². The lowest BCUT2D eigenvalue weighted by atomic mass is 10.1. The Bertz CT molecular complexity index is 607. The Hall–Kier alpha value is -1.52. The van der Waals surface area contributed by atoms with Gasteiger partial charge >= 0.3 is 0 Å². The monoisotopic (exact) mass is 263 g/mol. The van der Waals surface area contributed by atoms with Crippen LogP contribution < -0.4 is 5.73 Å². The molecule has 0 amide bonds. The molecule has 18 heavy (non-hydrogen) atoms. The van der Waals surface area contributed by atoms with Gasteiger partial charge in [0, 0.05) is 17.0 Å². The number of anilines is 1. The van der Waals surface area contributed by atoms with E-state index in [-0.39, 0.29) is 0 Å². The maximum absolute atomic E-state index is 6.16. The van der Waals surface area contributed by atoms with E-state index in [1.54, 1.807) is 0 Å². The van der Waals surface area contributed by atoms with Gasteiger partial charge < -0.3 is 10.5 Å². The van der Waals surface area contributed by atoms with Crippen LogP contribution in [-0.4, -0.2) is 16.4 Å². The van der Waals surface area contributed by atoms with E-state index in [4.69, 9.17) is 22.1 Å². The van der Waals surface area contributed by atoms with Crippen molar-refractivity contribution in [1.82, 2.24) is 9.78 Å². The molecule has 1 aromatic heterocycles. The summed E-state index contributed by atoms with van der Waals surface area (Å²) in [5.41, 5.74) is 10.1. The Balaban J connectivity index is 2.20. The van der Waals surface area contributed by atoms with Gasteiger partial charge in [0.15, 0.2) is 5.82 Å². The quantitative estimate of drug-likeness (QED) is 0.860. The standard InChI is InChI=1S/C13H14ClN3O/c1-8-10(14)3-2-4-11(8)17-12-5-6-18-7-9(12)13(15)16-17/h2-4H,5-7H2,1H3,(H2,15,16). The molecule has 5 heteroatoms. The molecular formula is C13H14ClN3O. The van der Waals surface area contributed by atoms with E-state index in [0.717, 1.165) is 34.0 Å². The minimum atomic E-state index is 0.542. The van der Waals surface area contributed by atoms with Gasteiger partial charge in [0.1, 0.15) is 0 Å². The average Bonchev–Trinajstić information content (AvgIpc) is 2.71. The third-order valence-electron chi connectivity index (χ3n) is 3.32. The van der Waals surface area contributed by atoms with Crippen LogP contribution in [0.25, 0.3) is 5.69 Å². The van der Waals surface area contributed by atoms with Crippen molar-refractivity contribution >= 4 is 17.4 Å². The molecule has 3 rings (SSSR count). The number of nitrogen functional groups attached to an aromatic ring is 1. The zero-order valence-corrected chi connectivity index (χ0v) is 10.9. The summed E-state index contributed by atoms with van der Waals surface area (Å²) in [6.45, 7) is 3.24. The molecule has 0 saturated carbocycles. The first-order chi connectivity index (χ1) is 8.68. The van der Waals surface area contributed by atoms with Crippen molar-refractivity contribution in [3.63, 3.8) is 0 Å². The first kappa shape index (κ1) is 11.6. The molecule has 0 saturated heterocycles. The summed E-state index contributed by atoms with van der Waals surface area (Å²) >= 11 is 6.16. The lowest BCUT2D eigenvalue weighted by molar-refractivity contribution is 0.110. The molecule has 0 bridgehead atoms. The lowest BCUT2D eigenvalue weighted by Crippen LogP contribution is -2.13. The SMILES string of the molecule is Cc1c(Cl)cccc1-n1nc(N)c2c1CCOC2. The Morgan fingerprint density at radius 2 is 2.28 bits per heavy atom. The van der Waals surface area contributed by atoms with Gasteiger partial charge in [0.05, 0.1) is 24.6 Å². The van der Waals surface area contributed by atoms with Gasteiger partial charge in [-0.15, -0.1) is 0 Å². The number of fused-ring (bicyclic) bond motifs is 1. The number of rotatable bonds is 1. The molecule has 0 fully saturated rings. The Morgan fingerprint density at radius 3 is 3.11 bits per heavy atom. The van der Waals surface area contributed by atoms with E-state index in [1.807, 2.05) is 29.8 Å². The van der Waals surface area contributed by atoms with Crippen LogP contribution in [0.5, 0.6) is 0 Å². The highest BCUT2D eigenvalue weighted by Gasteiger charge is 2.21. The van der Waals surface area contributed by atoms with Crippen molar-refractivity contribution in [2.75, 3.05) is 12.3 Å². The summed E-state index contributed by atoms with van der Waals surface area (Å²) in [6, 6.07) is 5.81. The van der Waals surface area contributed by atoms with E-state index < -0.39 is 0 Å². The van der Waals surface area contributed by atoms with E-state index >= 15 is 0 Å². The number of benzene rings is 1. The zero-order chi connectivity index (χ0) is 12.7. The maximum Gasteiger partial charge on any atom is 0.151 e. The highest BCUT2D eigenvalue weighted by Crippen LogP contribution is 2.28. The summed E-state index contributed by atoms with van der Waals surface area (Å²) in [5, 5.41) is 5.16. The van der Waals surface area contributed by atoms with Gasteiger partial charge in [-0.1, -0.05) is 17.7 Å². The number of ether oxygens (including phenoxy) is 1.